The molecule has 0 unspecified atom stereocenters. The summed E-state index contributed by atoms with van der Waals surface area (Å²) in [5.41, 5.74) is -1.16. The van der Waals surface area contributed by atoms with Crippen molar-refractivity contribution < 1.29 is 14.3 Å². The predicted molar refractivity (Wildman–Crippen MR) is 93.5 cm³/mol. The molecule has 2 atom stereocenters. The first-order valence-corrected chi connectivity index (χ1v) is 8.07. The summed E-state index contributed by atoms with van der Waals surface area (Å²) in [5, 5.41) is 0. The van der Waals surface area contributed by atoms with Crippen molar-refractivity contribution >= 4 is 12.0 Å². The molecule has 0 saturated heterocycles. The normalized spacial score (nSPS) is 25.7. The number of aliphatic imine (C=N–C) groups is 1. The second kappa shape index (κ2) is 6.54. The van der Waals surface area contributed by atoms with Crippen molar-refractivity contribution in [2.24, 2.45) is 15.8 Å². The van der Waals surface area contributed by atoms with Crippen LogP contribution in [0.3, 0.4) is 0 Å². The third-order valence-electron chi connectivity index (χ3n) is 3.76. The molecule has 132 valence electrons. The Labute approximate surface area is 140 Å². The molecule has 0 fully saturated rings. The summed E-state index contributed by atoms with van der Waals surface area (Å²) in [6.45, 7) is 18.1. The third kappa shape index (κ3) is 4.72. The van der Waals surface area contributed by atoms with E-state index in [0.29, 0.717) is 18.9 Å². The van der Waals surface area contributed by atoms with Gasteiger partial charge in [-0.3, -0.25) is 4.90 Å². The van der Waals surface area contributed by atoms with Crippen LogP contribution in [0.25, 0.3) is 0 Å². The second-order valence-corrected chi connectivity index (χ2v) is 8.54. The lowest BCUT2D eigenvalue weighted by molar-refractivity contribution is -0.0103. The van der Waals surface area contributed by atoms with Gasteiger partial charge in [-0.15, -0.1) is 6.58 Å². The number of rotatable bonds is 2. The topological polar surface area (TPSA) is 51.1 Å². The first kappa shape index (κ1) is 19.5. The summed E-state index contributed by atoms with van der Waals surface area (Å²) in [5.74, 6) is 0.664. The van der Waals surface area contributed by atoms with Crippen LogP contribution in [0.4, 0.5) is 4.79 Å². The standard InChI is InChI=1S/C18H32N2O3/c1-10-11-18(8)12-20(15(21)23-17(5,6)7)13(16(2,3)4)19-14(18)22-9/h10,13H,1,11-12H2,2-9H3/t13-,18+/m0/s1. The monoisotopic (exact) mass is 324 g/mol. The molecule has 5 nitrogen and oxygen atoms in total. The van der Waals surface area contributed by atoms with E-state index >= 15 is 0 Å². The Balaban J connectivity index is 3.28. The molecule has 1 rings (SSSR count). The van der Waals surface area contributed by atoms with Gasteiger partial charge in [0.15, 0.2) is 5.90 Å². The number of carbonyl (C=O) groups excluding carboxylic acids is 1. The van der Waals surface area contributed by atoms with Gasteiger partial charge in [-0.2, -0.15) is 0 Å². The first-order valence-electron chi connectivity index (χ1n) is 8.07. The van der Waals surface area contributed by atoms with Gasteiger partial charge >= 0.3 is 6.09 Å². The highest BCUT2D eigenvalue weighted by atomic mass is 16.6. The number of ether oxygens (including phenoxy) is 2. The van der Waals surface area contributed by atoms with E-state index in [1.54, 1.807) is 12.0 Å². The molecule has 5 heteroatoms. The van der Waals surface area contributed by atoms with Gasteiger partial charge in [0.25, 0.3) is 0 Å². The zero-order chi connectivity index (χ0) is 18.1. The van der Waals surface area contributed by atoms with Crippen LogP contribution >= 0.6 is 0 Å². The van der Waals surface area contributed by atoms with Crippen LogP contribution in [0.1, 0.15) is 54.9 Å². The lowest BCUT2D eigenvalue weighted by atomic mass is 9.81. The number of hydrogen-bond acceptors (Lipinski definition) is 4. The smallest absolute Gasteiger partial charge is 0.412 e. The fraction of sp³-hybridized carbons (Fsp3) is 0.778. The van der Waals surface area contributed by atoms with Gasteiger partial charge in [-0.1, -0.05) is 26.8 Å². The molecule has 1 amide bonds. The lowest BCUT2D eigenvalue weighted by Gasteiger charge is -2.46. The lowest BCUT2D eigenvalue weighted by Crippen LogP contribution is -2.57. The second-order valence-electron chi connectivity index (χ2n) is 8.54. The summed E-state index contributed by atoms with van der Waals surface area (Å²) >= 11 is 0. The Morgan fingerprint density at radius 2 is 1.96 bits per heavy atom. The summed E-state index contributed by atoms with van der Waals surface area (Å²) in [4.78, 5) is 19.2. The van der Waals surface area contributed by atoms with E-state index in [0.717, 1.165) is 0 Å². The fourth-order valence-electron chi connectivity index (χ4n) is 2.78. The molecule has 0 bridgehead atoms. The molecular formula is C18H32N2O3. The zero-order valence-electron chi connectivity index (χ0n) is 15.9. The average Bonchev–Trinajstić information content (AvgIpc) is 2.34. The van der Waals surface area contributed by atoms with Crippen LogP contribution < -0.4 is 0 Å². The predicted octanol–water partition coefficient (Wildman–Crippen LogP) is 4.24. The number of hydrogen-bond donors (Lipinski definition) is 0. The van der Waals surface area contributed by atoms with Crippen LogP contribution in [0.15, 0.2) is 17.6 Å². The van der Waals surface area contributed by atoms with E-state index in [1.807, 2.05) is 33.8 Å². The maximum Gasteiger partial charge on any atom is 0.412 e. The molecule has 0 saturated carbocycles. The summed E-state index contributed by atoms with van der Waals surface area (Å²) in [6, 6.07) is 0. The Hall–Kier alpha value is -1.52. The Morgan fingerprint density at radius 1 is 1.39 bits per heavy atom. The minimum Gasteiger partial charge on any atom is -0.484 e. The van der Waals surface area contributed by atoms with Crippen molar-refractivity contribution in [3.63, 3.8) is 0 Å². The van der Waals surface area contributed by atoms with Crippen molar-refractivity contribution in [1.82, 2.24) is 4.90 Å². The number of nitrogens with zero attached hydrogens (tertiary/aromatic N) is 2. The quantitative estimate of drug-likeness (QED) is 0.714. The van der Waals surface area contributed by atoms with Gasteiger partial charge in [0.1, 0.15) is 11.8 Å². The fourth-order valence-corrected chi connectivity index (χ4v) is 2.78. The maximum atomic E-state index is 12.7. The average molecular weight is 324 g/mol. The summed E-state index contributed by atoms with van der Waals surface area (Å²) < 4.78 is 11.1. The zero-order valence-corrected chi connectivity index (χ0v) is 15.9. The molecule has 0 aromatic rings. The molecule has 23 heavy (non-hydrogen) atoms. The Morgan fingerprint density at radius 3 is 2.35 bits per heavy atom. The minimum atomic E-state index is -0.542. The number of methoxy groups -OCH3 is 1. The molecule has 1 aliphatic rings. The molecule has 0 N–H and O–H groups in total. The van der Waals surface area contributed by atoms with Gasteiger partial charge < -0.3 is 9.47 Å². The van der Waals surface area contributed by atoms with E-state index in [1.165, 1.54) is 0 Å². The van der Waals surface area contributed by atoms with E-state index < -0.39 is 11.0 Å². The van der Waals surface area contributed by atoms with E-state index in [9.17, 15) is 4.79 Å². The van der Waals surface area contributed by atoms with Crippen LogP contribution in [-0.4, -0.2) is 42.3 Å². The molecule has 0 spiro atoms. The van der Waals surface area contributed by atoms with Crippen molar-refractivity contribution in [2.75, 3.05) is 13.7 Å². The van der Waals surface area contributed by atoms with Crippen LogP contribution in [-0.2, 0) is 9.47 Å². The maximum absolute atomic E-state index is 12.7. The highest BCUT2D eigenvalue weighted by Crippen LogP contribution is 2.37. The molecule has 1 aliphatic heterocycles. The van der Waals surface area contributed by atoms with Gasteiger partial charge in [0, 0.05) is 12.0 Å². The highest BCUT2D eigenvalue weighted by Gasteiger charge is 2.46. The molecule has 0 radical (unpaired) electrons. The first-order chi connectivity index (χ1) is 10.3. The SMILES string of the molecule is C=CC[C@]1(C)CN(C(=O)OC(C)(C)C)[C@@H](C(C)(C)C)N=C1OC. The molecule has 0 aliphatic carbocycles. The highest BCUT2D eigenvalue weighted by molar-refractivity contribution is 5.85. The van der Waals surface area contributed by atoms with Gasteiger partial charge in [-0.25, -0.2) is 9.79 Å². The summed E-state index contributed by atoms with van der Waals surface area (Å²) in [6.07, 6.45) is 1.84. The Bertz CT molecular complexity index is 485. The Kier molecular flexibility index (Phi) is 5.55. The number of carbonyl (C=O) groups is 1. The van der Waals surface area contributed by atoms with Crippen molar-refractivity contribution in [3.8, 4) is 0 Å². The van der Waals surface area contributed by atoms with Gasteiger partial charge in [0.05, 0.1) is 12.5 Å². The molecule has 1 heterocycles. The van der Waals surface area contributed by atoms with Crippen LogP contribution in [0, 0.1) is 10.8 Å². The van der Waals surface area contributed by atoms with Crippen molar-refractivity contribution in [1.29, 1.82) is 0 Å². The number of allylic oxidation sites excluding steroid dienone is 1. The minimum absolute atomic E-state index is 0.226. The third-order valence-corrected chi connectivity index (χ3v) is 3.76. The molecule has 0 aromatic heterocycles. The van der Waals surface area contributed by atoms with Crippen LogP contribution in [0.2, 0.25) is 0 Å². The van der Waals surface area contributed by atoms with Gasteiger partial charge in [0.2, 0.25) is 0 Å². The van der Waals surface area contributed by atoms with E-state index in [4.69, 9.17) is 14.5 Å². The summed E-state index contributed by atoms with van der Waals surface area (Å²) in [7, 11) is 1.63. The van der Waals surface area contributed by atoms with Crippen molar-refractivity contribution in [3.05, 3.63) is 12.7 Å². The van der Waals surface area contributed by atoms with E-state index in [-0.39, 0.29) is 17.7 Å². The van der Waals surface area contributed by atoms with Crippen molar-refractivity contribution in [2.45, 2.75) is 66.7 Å². The molecule has 0 aromatic carbocycles. The largest absolute Gasteiger partial charge is 0.484 e. The van der Waals surface area contributed by atoms with E-state index in [2.05, 4.69) is 27.4 Å². The van der Waals surface area contributed by atoms with Gasteiger partial charge in [-0.05, 0) is 34.1 Å². The molecular weight excluding hydrogens is 292 g/mol. The van der Waals surface area contributed by atoms with Crippen LogP contribution in [0.5, 0.6) is 0 Å². The number of amides is 1.